The van der Waals surface area contributed by atoms with E-state index in [9.17, 15) is 9.59 Å². The molecule has 1 aliphatic carbocycles. The number of carbonyl (C=O) groups excluding carboxylic acids is 1. The van der Waals surface area contributed by atoms with Crippen LogP contribution in [0.1, 0.15) is 23.8 Å². The van der Waals surface area contributed by atoms with Gasteiger partial charge in [-0.3, -0.25) is 14.2 Å². The molecule has 1 aliphatic rings. The van der Waals surface area contributed by atoms with Crippen LogP contribution in [0.25, 0.3) is 10.2 Å². The van der Waals surface area contributed by atoms with E-state index in [2.05, 4.69) is 10.3 Å². The predicted octanol–water partition coefficient (Wildman–Crippen LogP) is 3.61. The number of rotatable bonds is 6. The molecule has 1 amide bonds. The SMILES string of the molecule is CCOc1ccc(NC(=O)CSc2nc3sc4c(c3c(=O)n2C)CCC4)cc1. The Balaban J connectivity index is 1.46. The lowest BCUT2D eigenvalue weighted by atomic mass is 10.2. The third-order valence-corrected chi connectivity index (χ3v) is 6.90. The molecular formula is C20H21N3O3S2. The lowest BCUT2D eigenvalue weighted by Crippen LogP contribution is -2.21. The predicted molar refractivity (Wildman–Crippen MR) is 114 cm³/mol. The van der Waals surface area contributed by atoms with Gasteiger partial charge in [0.1, 0.15) is 10.6 Å². The Hall–Kier alpha value is -2.32. The summed E-state index contributed by atoms with van der Waals surface area (Å²) in [5, 5.41) is 4.19. The van der Waals surface area contributed by atoms with Crippen molar-refractivity contribution >= 4 is 44.9 Å². The van der Waals surface area contributed by atoms with Gasteiger partial charge in [0.25, 0.3) is 5.56 Å². The molecule has 28 heavy (non-hydrogen) atoms. The van der Waals surface area contributed by atoms with Crippen LogP contribution in [0.15, 0.2) is 34.2 Å². The highest BCUT2D eigenvalue weighted by Crippen LogP contribution is 2.35. The number of hydrogen-bond donors (Lipinski definition) is 1. The van der Waals surface area contributed by atoms with Crippen LogP contribution in [-0.4, -0.2) is 27.8 Å². The Kier molecular flexibility index (Phi) is 5.41. The molecule has 0 bridgehead atoms. The molecule has 6 nitrogen and oxygen atoms in total. The summed E-state index contributed by atoms with van der Waals surface area (Å²) in [4.78, 5) is 31.8. The van der Waals surface area contributed by atoms with Crippen LogP contribution in [0, 0.1) is 0 Å². The molecule has 0 unspecified atom stereocenters. The number of amides is 1. The van der Waals surface area contributed by atoms with E-state index >= 15 is 0 Å². The first kappa shape index (κ1) is 19.0. The molecule has 0 radical (unpaired) electrons. The van der Waals surface area contributed by atoms with Crippen molar-refractivity contribution in [2.24, 2.45) is 7.05 Å². The van der Waals surface area contributed by atoms with Crippen LogP contribution in [0.2, 0.25) is 0 Å². The molecule has 1 N–H and O–H groups in total. The van der Waals surface area contributed by atoms with E-state index in [-0.39, 0.29) is 17.2 Å². The van der Waals surface area contributed by atoms with Crippen molar-refractivity contribution in [3.05, 3.63) is 45.1 Å². The summed E-state index contributed by atoms with van der Waals surface area (Å²) < 4.78 is 6.95. The summed E-state index contributed by atoms with van der Waals surface area (Å²) in [6, 6.07) is 7.25. The van der Waals surface area contributed by atoms with Gasteiger partial charge in [-0.15, -0.1) is 11.3 Å². The summed E-state index contributed by atoms with van der Waals surface area (Å²) in [5.74, 6) is 0.812. The minimum atomic E-state index is -0.142. The number of anilines is 1. The standard InChI is InChI=1S/C20H21N3O3S2/c1-3-26-13-9-7-12(8-10-13)21-16(24)11-27-20-22-18-17(19(25)23(20)2)14-5-4-6-15(14)28-18/h7-10H,3-6,11H2,1-2H3,(H,21,24). The van der Waals surface area contributed by atoms with Crippen molar-refractivity contribution in [1.82, 2.24) is 9.55 Å². The summed E-state index contributed by atoms with van der Waals surface area (Å²) in [5.41, 5.74) is 1.87. The van der Waals surface area contributed by atoms with Crippen LogP contribution >= 0.6 is 23.1 Å². The third kappa shape index (κ3) is 3.66. The first-order valence-electron chi connectivity index (χ1n) is 9.23. The number of fused-ring (bicyclic) bond motifs is 3. The molecule has 2 heterocycles. The third-order valence-electron chi connectivity index (χ3n) is 4.69. The number of nitrogens with one attached hydrogen (secondary N) is 1. The average molecular weight is 416 g/mol. The van der Waals surface area contributed by atoms with E-state index in [1.165, 1.54) is 22.2 Å². The maximum absolute atomic E-state index is 12.8. The molecule has 0 spiro atoms. The molecule has 146 valence electrons. The van der Waals surface area contributed by atoms with E-state index in [1.54, 1.807) is 35.1 Å². The van der Waals surface area contributed by atoms with Gasteiger partial charge in [-0.1, -0.05) is 11.8 Å². The van der Waals surface area contributed by atoms with Gasteiger partial charge in [-0.2, -0.15) is 0 Å². The number of aromatic nitrogens is 2. The summed E-state index contributed by atoms with van der Waals surface area (Å²) in [6.45, 7) is 2.53. The molecule has 4 rings (SSSR count). The number of benzene rings is 1. The highest BCUT2D eigenvalue weighted by atomic mass is 32.2. The molecule has 3 aromatic rings. The van der Waals surface area contributed by atoms with E-state index in [4.69, 9.17) is 4.74 Å². The molecule has 0 saturated heterocycles. The lowest BCUT2D eigenvalue weighted by Gasteiger charge is -2.09. The molecule has 1 aromatic carbocycles. The number of carbonyl (C=O) groups is 1. The van der Waals surface area contributed by atoms with Crippen LogP contribution in [-0.2, 0) is 24.7 Å². The van der Waals surface area contributed by atoms with Gasteiger partial charge in [0, 0.05) is 17.6 Å². The topological polar surface area (TPSA) is 73.2 Å². The Morgan fingerprint density at radius 3 is 2.86 bits per heavy atom. The van der Waals surface area contributed by atoms with E-state index in [0.29, 0.717) is 17.5 Å². The Bertz CT molecular complexity index is 1090. The molecule has 8 heteroatoms. The first-order chi connectivity index (χ1) is 13.6. The number of thiophene rings is 1. The molecule has 2 aromatic heterocycles. The second-order valence-corrected chi connectivity index (χ2v) is 8.62. The number of hydrogen-bond acceptors (Lipinski definition) is 6. The van der Waals surface area contributed by atoms with Gasteiger partial charge >= 0.3 is 0 Å². The Morgan fingerprint density at radius 2 is 2.11 bits per heavy atom. The largest absolute Gasteiger partial charge is 0.494 e. The first-order valence-corrected chi connectivity index (χ1v) is 11.0. The smallest absolute Gasteiger partial charge is 0.262 e. The van der Waals surface area contributed by atoms with Crippen molar-refractivity contribution < 1.29 is 9.53 Å². The zero-order valence-electron chi connectivity index (χ0n) is 15.8. The molecule has 0 atom stereocenters. The molecule has 0 aliphatic heterocycles. The normalized spacial score (nSPS) is 12.9. The van der Waals surface area contributed by atoms with E-state index in [1.807, 2.05) is 19.1 Å². The van der Waals surface area contributed by atoms with Gasteiger partial charge in [0.2, 0.25) is 5.91 Å². The van der Waals surface area contributed by atoms with Gasteiger partial charge in [-0.05, 0) is 56.0 Å². The van der Waals surface area contributed by atoms with Gasteiger partial charge in [-0.25, -0.2) is 4.98 Å². The minimum absolute atomic E-state index is 0.0150. The molecular weight excluding hydrogens is 394 g/mol. The number of nitrogens with zero attached hydrogens (tertiary/aromatic N) is 2. The number of thioether (sulfide) groups is 1. The summed E-state index contributed by atoms with van der Waals surface area (Å²) in [7, 11) is 1.72. The fraction of sp³-hybridized carbons (Fsp3) is 0.350. The van der Waals surface area contributed by atoms with Crippen molar-refractivity contribution in [1.29, 1.82) is 0 Å². The Labute approximate surface area is 170 Å². The Morgan fingerprint density at radius 1 is 1.32 bits per heavy atom. The van der Waals surface area contributed by atoms with Gasteiger partial charge < -0.3 is 10.1 Å². The van der Waals surface area contributed by atoms with Gasteiger partial charge in [0.05, 0.1) is 17.7 Å². The maximum atomic E-state index is 12.8. The number of aryl methyl sites for hydroxylation is 2. The lowest BCUT2D eigenvalue weighted by molar-refractivity contribution is -0.113. The van der Waals surface area contributed by atoms with Crippen LogP contribution in [0.4, 0.5) is 5.69 Å². The van der Waals surface area contributed by atoms with Crippen LogP contribution < -0.4 is 15.6 Å². The zero-order valence-corrected chi connectivity index (χ0v) is 17.4. The van der Waals surface area contributed by atoms with Crippen molar-refractivity contribution in [2.45, 2.75) is 31.3 Å². The summed E-state index contributed by atoms with van der Waals surface area (Å²) >= 11 is 2.89. The second kappa shape index (κ2) is 7.97. The summed E-state index contributed by atoms with van der Waals surface area (Å²) in [6.07, 6.45) is 3.11. The molecule has 0 fully saturated rings. The highest BCUT2D eigenvalue weighted by Gasteiger charge is 2.22. The quantitative estimate of drug-likeness (QED) is 0.492. The second-order valence-electron chi connectivity index (χ2n) is 6.59. The number of ether oxygens (including phenoxy) is 1. The maximum Gasteiger partial charge on any atom is 0.262 e. The van der Waals surface area contributed by atoms with Crippen molar-refractivity contribution in [3.63, 3.8) is 0 Å². The van der Waals surface area contributed by atoms with E-state index in [0.717, 1.165) is 35.2 Å². The monoisotopic (exact) mass is 415 g/mol. The molecule has 0 saturated carbocycles. The fourth-order valence-corrected chi connectivity index (χ4v) is 5.44. The fourth-order valence-electron chi connectivity index (χ4n) is 3.36. The van der Waals surface area contributed by atoms with E-state index < -0.39 is 0 Å². The zero-order chi connectivity index (χ0) is 19.7. The van der Waals surface area contributed by atoms with Crippen LogP contribution in [0.5, 0.6) is 5.75 Å². The van der Waals surface area contributed by atoms with Crippen LogP contribution in [0.3, 0.4) is 0 Å². The van der Waals surface area contributed by atoms with Crippen molar-refractivity contribution in [3.8, 4) is 5.75 Å². The van der Waals surface area contributed by atoms with Crippen molar-refractivity contribution in [2.75, 3.05) is 17.7 Å². The average Bonchev–Trinajstić information content (AvgIpc) is 3.26. The van der Waals surface area contributed by atoms with Gasteiger partial charge in [0.15, 0.2) is 5.16 Å². The highest BCUT2D eigenvalue weighted by molar-refractivity contribution is 7.99. The minimum Gasteiger partial charge on any atom is -0.494 e.